The normalized spacial score (nSPS) is 10.8. The highest BCUT2D eigenvalue weighted by atomic mass is 19.1. The van der Waals surface area contributed by atoms with E-state index in [0.717, 1.165) is 11.1 Å². The zero-order valence-electron chi connectivity index (χ0n) is 11.3. The van der Waals surface area contributed by atoms with Crippen LogP contribution in [0.25, 0.3) is 11.4 Å². The minimum atomic E-state index is -0.368. The molecule has 0 amide bonds. The Morgan fingerprint density at radius 2 is 1.71 bits per heavy atom. The molecule has 3 aromatic rings. The lowest BCUT2D eigenvalue weighted by Gasteiger charge is -2.03. The second-order valence-electron chi connectivity index (χ2n) is 4.64. The maximum absolute atomic E-state index is 13.7. The van der Waals surface area contributed by atoms with Gasteiger partial charge in [0.05, 0.1) is 12.0 Å². The smallest absolute Gasteiger partial charge is 0.231 e. The number of halogens is 1. The van der Waals surface area contributed by atoms with Crippen LogP contribution in [0, 0.1) is 5.82 Å². The Bertz CT molecular complexity index is 755. The van der Waals surface area contributed by atoms with Gasteiger partial charge in [-0.25, -0.2) is 4.39 Å². The number of nitrogens with zero attached hydrogens (tertiary/aromatic N) is 2. The Balaban J connectivity index is 1.87. The van der Waals surface area contributed by atoms with Crippen LogP contribution in [0.3, 0.4) is 0 Å². The van der Waals surface area contributed by atoms with E-state index in [4.69, 9.17) is 10.3 Å². The van der Waals surface area contributed by atoms with Crippen LogP contribution in [0.15, 0.2) is 53.1 Å². The highest BCUT2D eigenvalue weighted by molar-refractivity contribution is 5.54. The van der Waals surface area contributed by atoms with E-state index in [9.17, 15) is 4.39 Å². The van der Waals surface area contributed by atoms with Crippen LogP contribution in [0.4, 0.5) is 4.39 Å². The molecule has 0 bridgehead atoms. The minimum Gasteiger partial charge on any atom is -0.339 e. The molecule has 2 aromatic carbocycles. The van der Waals surface area contributed by atoms with Gasteiger partial charge in [-0.2, -0.15) is 4.98 Å². The van der Waals surface area contributed by atoms with E-state index < -0.39 is 0 Å². The molecule has 3 rings (SSSR count). The fourth-order valence-electron chi connectivity index (χ4n) is 2.17. The van der Waals surface area contributed by atoms with E-state index in [1.165, 1.54) is 6.07 Å². The molecular weight excluding hydrogens is 269 g/mol. The molecular formula is C16H14FN3O. The van der Waals surface area contributed by atoms with Crippen LogP contribution >= 0.6 is 0 Å². The minimum absolute atomic E-state index is 0.258. The first-order valence-electron chi connectivity index (χ1n) is 6.62. The van der Waals surface area contributed by atoms with Gasteiger partial charge in [-0.15, -0.1) is 0 Å². The first kappa shape index (κ1) is 13.5. The average molecular weight is 283 g/mol. The number of nitrogens with two attached hydrogens (primary N) is 1. The molecule has 0 atom stereocenters. The van der Waals surface area contributed by atoms with Gasteiger partial charge in [0.1, 0.15) is 5.82 Å². The number of rotatable bonds is 4. The molecule has 0 radical (unpaired) electrons. The zero-order valence-corrected chi connectivity index (χ0v) is 11.3. The van der Waals surface area contributed by atoms with Crippen molar-refractivity contribution in [3.63, 3.8) is 0 Å². The molecule has 0 fully saturated rings. The van der Waals surface area contributed by atoms with Crippen molar-refractivity contribution < 1.29 is 8.91 Å². The summed E-state index contributed by atoms with van der Waals surface area (Å²) in [6, 6.07) is 14.1. The van der Waals surface area contributed by atoms with Crippen molar-refractivity contribution in [3.05, 3.63) is 71.4 Å². The van der Waals surface area contributed by atoms with Gasteiger partial charge in [0.25, 0.3) is 0 Å². The van der Waals surface area contributed by atoms with E-state index in [-0.39, 0.29) is 11.6 Å². The number of benzene rings is 2. The number of hydrogen-bond donors (Lipinski definition) is 1. The van der Waals surface area contributed by atoms with Crippen LogP contribution in [0.1, 0.15) is 17.0 Å². The summed E-state index contributed by atoms with van der Waals surface area (Å²) >= 11 is 0. The Labute approximate surface area is 121 Å². The second-order valence-corrected chi connectivity index (χ2v) is 4.64. The lowest BCUT2D eigenvalue weighted by Crippen LogP contribution is -2.02. The third kappa shape index (κ3) is 2.83. The van der Waals surface area contributed by atoms with Crippen LogP contribution in [-0.4, -0.2) is 10.1 Å². The molecule has 0 aliphatic heterocycles. The summed E-state index contributed by atoms with van der Waals surface area (Å²) in [6.07, 6.45) is 0.481. The molecule has 1 aromatic heterocycles. The molecule has 0 unspecified atom stereocenters. The first-order valence-corrected chi connectivity index (χ1v) is 6.62. The highest BCUT2D eigenvalue weighted by Gasteiger charge is 2.13. The van der Waals surface area contributed by atoms with Crippen molar-refractivity contribution >= 4 is 0 Å². The molecule has 2 N–H and O–H groups in total. The maximum Gasteiger partial charge on any atom is 0.231 e. The molecule has 1 heterocycles. The van der Waals surface area contributed by atoms with Crippen molar-refractivity contribution in [2.24, 2.45) is 5.73 Å². The molecule has 106 valence electrons. The number of hydrogen-bond acceptors (Lipinski definition) is 4. The fourth-order valence-corrected chi connectivity index (χ4v) is 2.17. The van der Waals surface area contributed by atoms with Crippen molar-refractivity contribution in [2.75, 3.05) is 0 Å². The van der Waals surface area contributed by atoms with Crippen molar-refractivity contribution in [2.45, 2.75) is 13.0 Å². The molecule has 0 aliphatic carbocycles. The zero-order chi connectivity index (χ0) is 14.7. The molecule has 21 heavy (non-hydrogen) atoms. The molecule has 0 aliphatic rings. The second kappa shape index (κ2) is 5.85. The lowest BCUT2D eigenvalue weighted by molar-refractivity contribution is 0.385. The van der Waals surface area contributed by atoms with Gasteiger partial charge in [-0.05, 0) is 23.3 Å². The standard InChI is InChI=1S/C16H14FN3O/c17-14-8-4-3-7-13(14)16-19-15(21-20-16)9-11-5-1-2-6-12(11)10-18/h1-8H,9-10,18H2. The van der Waals surface area contributed by atoms with Gasteiger partial charge < -0.3 is 10.3 Å². The third-order valence-electron chi connectivity index (χ3n) is 3.26. The van der Waals surface area contributed by atoms with Crippen LogP contribution < -0.4 is 5.73 Å². The lowest BCUT2D eigenvalue weighted by atomic mass is 10.0. The summed E-state index contributed by atoms with van der Waals surface area (Å²) in [5, 5.41) is 3.84. The van der Waals surface area contributed by atoms with Crippen molar-refractivity contribution in [1.82, 2.24) is 10.1 Å². The Morgan fingerprint density at radius 3 is 2.48 bits per heavy atom. The van der Waals surface area contributed by atoms with Gasteiger partial charge in [0, 0.05) is 6.54 Å². The molecule has 0 saturated heterocycles. The number of aromatic nitrogens is 2. The summed E-state index contributed by atoms with van der Waals surface area (Å²) in [6.45, 7) is 0.449. The Morgan fingerprint density at radius 1 is 1.00 bits per heavy atom. The fraction of sp³-hybridized carbons (Fsp3) is 0.125. The highest BCUT2D eigenvalue weighted by Crippen LogP contribution is 2.20. The largest absolute Gasteiger partial charge is 0.339 e. The third-order valence-corrected chi connectivity index (χ3v) is 3.26. The van der Waals surface area contributed by atoms with Gasteiger partial charge in [-0.1, -0.05) is 41.6 Å². The van der Waals surface area contributed by atoms with Gasteiger partial charge >= 0.3 is 0 Å². The average Bonchev–Trinajstić information content (AvgIpc) is 2.96. The predicted molar refractivity (Wildman–Crippen MR) is 76.8 cm³/mol. The van der Waals surface area contributed by atoms with Gasteiger partial charge in [0.15, 0.2) is 0 Å². The molecule has 4 nitrogen and oxygen atoms in total. The van der Waals surface area contributed by atoms with Gasteiger partial charge in [0.2, 0.25) is 11.7 Å². The van der Waals surface area contributed by atoms with E-state index >= 15 is 0 Å². The Kier molecular flexibility index (Phi) is 3.75. The topological polar surface area (TPSA) is 64.9 Å². The predicted octanol–water partition coefficient (Wildman–Crippen LogP) is 2.93. The summed E-state index contributed by atoms with van der Waals surface area (Å²) in [5.41, 5.74) is 8.10. The van der Waals surface area contributed by atoms with E-state index in [0.29, 0.717) is 24.4 Å². The molecule has 0 saturated carbocycles. The first-order chi connectivity index (χ1) is 10.3. The summed E-state index contributed by atoms with van der Waals surface area (Å²) in [7, 11) is 0. The Hall–Kier alpha value is -2.53. The van der Waals surface area contributed by atoms with Crippen LogP contribution in [0.2, 0.25) is 0 Å². The summed E-state index contributed by atoms with van der Waals surface area (Å²) in [5.74, 6) is 0.328. The monoisotopic (exact) mass is 283 g/mol. The summed E-state index contributed by atoms with van der Waals surface area (Å²) in [4.78, 5) is 4.25. The van der Waals surface area contributed by atoms with Crippen LogP contribution in [-0.2, 0) is 13.0 Å². The van der Waals surface area contributed by atoms with E-state index in [1.807, 2.05) is 24.3 Å². The van der Waals surface area contributed by atoms with Gasteiger partial charge in [-0.3, -0.25) is 0 Å². The van der Waals surface area contributed by atoms with E-state index in [2.05, 4.69) is 10.1 Å². The van der Waals surface area contributed by atoms with E-state index in [1.54, 1.807) is 18.2 Å². The maximum atomic E-state index is 13.7. The molecule has 5 heteroatoms. The SMILES string of the molecule is NCc1ccccc1Cc1nc(-c2ccccc2F)no1. The van der Waals surface area contributed by atoms with Crippen LogP contribution in [0.5, 0.6) is 0 Å². The quantitative estimate of drug-likeness (QED) is 0.799. The van der Waals surface area contributed by atoms with Crippen molar-refractivity contribution in [1.29, 1.82) is 0 Å². The summed E-state index contributed by atoms with van der Waals surface area (Å²) < 4.78 is 18.9. The van der Waals surface area contributed by atoms with Crippen molar-refractivity contribution in [3.8, 4) is 11.4 Å². The molecule has 0 spiro atoms.